The van der Waals surface area contributed by atoms with Gasteiger partial charge in [0.05, 0.1) is 31.2 Å². The normalized spacial score (nSPS) is 32.2. The van der Waals surface area contributed by atoms with E-state index in [2.05, 4.69) is 0 Å². The van der Waals surface area contributed by atoms with Crippen molar-refractivity contribution in [3.63, 3.8) is 0 Å². The molecule has 1 aliphatic heterocycles. The maximum absolute atomic E-state index is 12.8. The van der Waals surface area contributed by atoms with Gasteiger partial charge in [0.25, 0.3) is 0 Å². The molecule has 1 aromatic carbocycles. The molecule has 5 heteroatoms. The summed E-state index contributed by atoms with van der Waals surface area (Å²) in [6.45, 7) is 2.97. The second kappa shape index (κ2) is 6.57. The molecule has 1 N–H and O–H groups in total. The van der Waals surface area contributed by atoms with E-state index >= 15 is 0 Å². The summed E-state index contributed by atoms with van der Waals surface area (Å²) in [5.74, 6) is -0.203. The van der Waals surface area contributed by atoms with Crippen molar-refractivity contribution in [2.45, 2.75) is 44.4 Å². The predicted molar refractivity (Wildman–Crippen MR) is 84.7 cm³/mol. The highest BCUT2D eigenvalue weighted by molar-refractivity contribution is 6.31. The van der Waals surface area contributed by atoms with E-state index in [1.54, 1.807) is 0 Å². The summed E-state index contributed by atoms with van der Waals surface area (Å²) in [4.78, 5) is 14.6. The first-order valence-corrected chi connectivity index (χ1v) is 8.30. The Balaban J connectivity index is 1.76. The first kappa shape index (κ1) is 15.8. The van der Waals surface area contributed by atoms with E-state index in [1.807, 2.05) is 36.1 Å². The number of rotatable bonds is 2. The maximum atomic E-state index is 12.8. The number of nitrogens with zero attached hydrogens (tertiary/aromatic N) is 1. The molecular formula is C17H22ClNO3. The van der Waals surface area contributed by atoms with Crippen LogP contribution in [0.15, 0.2) is 24.3 Å². The van der Waals surface area contributed by atoms with Crippen LogP contribution < -0.4 is 0 Å². The molecule has 1 saturated carbocycles. The van der Waals surface area contributed by atoms with Gasteiger partial charge in [0.1, 0.15) is 6.10 Å². The zero-order valence-corrected chi connectivity index (χ0v) is 13.5. The van der Waals surface area contributed by atoms with Crippen LogP contribution in [0.3, 0.4) is 0 Å². The molecule has 1 amide bonds. The van der Waals surface area contributed by atoms with Crippen molar-refractivity contribution in [1.82, 2.24) is 4.90 Å². The van der Waals surface area contributed by atoms with Gasteiger partial charge in [-0.05, 0) is 32.3 Å². The average Bonchev–Trinajstić information content (AvgIpc) is 2.94. The van der Waals surface area contributed by atoms with Crippen molar-refractivity contribution >= 4 is 17.5 Å². The van der Waals surface area contributed by atoms with Gasteiger partial charge in [-0.15, -0.1) is 0 Å². The Morgan fingerprint density at radius 3 is 2.82 bits per heavy atom. The van der Waals surface area contributed by atoms with E-state index in [-0.39, 0.29) is 24.0 Å². The Bertz CT molecular complexity index is 550. The van der Waals surface area contributed by atoms with Crippen molar-refractivity contribution in [3.05, 3.63) is 34.9 Å². The van der Waals surface area contributed by atoms with Gasteiger partial charge < -0.3 is 14.7 Å². The van der Waals surface area contributed by atoms with Crippen LogP contribution in [-0.2, 0) is 9.53 Å². The number of hydrogen-bond acceptors (Lipinski definition) is 3. The fraction of sp³-hybridized carbons (Fsp3) is 0.588. The molecule has 2 fully saturated rings. The summed E-state index contributed by atoms with van der Waals surface area (Å²) in [6.07, 6.45) is 1.72. The number of morpholine rings is 1. The highest BCUT2D eigenvalue weighted by Gasteiger charge is 2.39. The number of halogens is 1. The van der Waals surface area contributed by atoms with E-state index in [9.17, 15) is 9.90 Å². The minimum absolute atomic E-state index is 0.0269. The van der Waals surface area contributed by atoms with Crippen molar-refractivity contribution in [2.24, 2.45) is 5.92 Å². The molecule has 4 nitrogen and oxygen atoms in total. The van der Waals surface area contributed by atoms with Crippen LogP contribution in [0.25, 0.3) is 0 Å². The number of benzene rings is 1. The van der Waals surface area contributed by atoms with Gasteiger partial charge in [-0.2, -0.15) is 0 Å². The highest BCUT2D eigenvalue weighted by Crippen LogP contribution is 2.33. The lowest BCUT2D eigenvalue weighted by atomic mass is 10.0. The molecule has 0 radical (unpaired) electrons. The van der Waals surface area contributed by atoms with Crippen LogP contribution in [0, 0.1) is 5.92 Å². The Kier molecular flexibility index (Phi) is 4.71. The average molecular weight is 324 g/mol. The quantitative estimate of drug-likeness (QED) is 0.910. The molecule has 0 bridgehead atoms. The third-order valence-electron chi connectivity index (χ3n) is 4.77. The Hall–Kier alpha value is -1.10. The summed E-state index contributed by atoms with van der Waals surface area (Å²) in [5.41, 5.74) is 0.917. The summed E-state index contributed by atoms with van der Waals surface area (Å²) in [7, 11) is 0. The second-order valence-corrected chi connectivity index (χ2v) is 6.70. The number of ether oxygens (including phenoxy) is 1. The van der Waals surface area contributed by atoms with Crippen molar-refractivity contribution in [3.8, 4) is 0 Å². The van der Waals surface area contributed by atoms with Crippen LogP contribution >= 0.6 is 11.6 Å². The predicted octanol–water partition coefficient (Wildman–Crippen LogP) is 2.79. The van der Waals surface area contributed by atoms with E-state index in [1.165, 1.54) is 0 Å². The minimum atomic E-state index is -0.499. The lowest BCUT2D eigenvalue weighted by molar-refractivity contribution is -0.151. The lowest BCUT2D eigenvalue weighted by Gasteiger charge is -2.40. The van der Waals surface area contributed by atoms with Gasteiger partial charge in [-0.1, -0.05) is 29.8 Å². The van der Waals surface area contributed by atoms with Crippen molar-refractivity contribution in [2.75, 3.05) is 13.2 Å². The molecule has 3 rings (SSSR count). The third kappa shape index (κ3) is 3.00. The molecule has 0 aromatic heterocycles. The molecule has 1 aliphatic carbocycles. The number of carbonyl (C=O) groups excluding carboxylic acids is 1. The van der Waals surface area contributed by atoms with Crippen LogP contribution in [-0.4, -0.2) is 41.2 Å². The van der Waals surface area contributed by atoms with Crippen molar-refractivity contribution in [1.29, 1.82) is 0 Å². The van der Waals surface area contributed by atoms with Gasteiger partial charge in [-0.3, -0.25) is 4.79 Å². The molecule has 22 heavy (non-hydrogen) atoms. The standard InChI is InChI=1S/C17H22ClNO3/c1-11-10-22-16(12-5-2-3-7-14(12)18)9-19(11)17(21)13-6-4-8-15(13)20/h2-3,5,7,11,13,15-16,20H,4,6,8-10H2,1H3. The second-order valence-electron chi connectivity index (χ2n) is 6.29. The molecule has 1 aromatic rings. The molecule has 1 heterocycles. The summed E-state index contributed by atoms with van der Waals surface area (Å²) in [6, 6.07) is 7.62. The first-order valence-electron chi connectivity index (χ1n) is 7.92. The van der Waals surface area contributed by atoms with E-state index < -0.39 is 6.10 Å². The molecule has 2 aliphatic rings. The van der Waals surface area contributed by atoms with Gasteiger partial charge in [-0.25, -0.2) is 0 Å². The van der Waals surface area contributed by atoms with Crippen LogP contribution in [0.4, 0.5) is 0 Å². The third-order valence-corrected chi connectivity index (χ3v) is 5.11. The van der Waals surface area contributed by atoms with Crippen LogP contribution in [0.2, 0.25) is 5.02 Å². The summed E-state index contributed by atoms with van der Waals surface area (Å²) < 4.78 is 5.89. The Labute approximate surface area is 136 Å². The molecule has 4 unspecified atom stereocenters. The Morgan fingerprint density at radius 1 is 1.36 bits per heavy atom. The zero-order chi connectivity index (χ0) is 15.7. The molecule has 0 spiro atoms. The maximum Gasteiger partial charge on any atom is 0.228 e. The molecule has 4 atom stereocenters. The van der Waals surface area contributed by atoms with Gasteiger partial charge in [0.15, 0.2) is 0 Å². The topological polar surface area (TPSA) is 49.8 Å². The number of carbonyl (C=O) groups is 1. The van der Waals surface area contributed by atoms with Crippen molar-refractivity contribution < 1.29 is 14.6 Å². The highest BCUT2D eigenvalue weighted by atomic mass is 35.5. The summed E-state index contributed by atoms with van der Waals surface area (Å²) >= 11 is 6.25. The Morgan fingerprint density at radius 2 is 2.14 bits per heavy atom. The van der Waals surface area contributed by atoms with Crippen LogP contribution in [0.1, 0.15) is 37.9 Å². The molecule has 120 valence electrons. The van der Waals surface area contributed by atoms with Gasteiger partial charge in [0, 0.05) is 10.6 Å². The number of aliphatic hydroxyl groups excluding tert-OH is 1. The van der Waals surface area contributed by atoms with Gasteiger partial charge in [0.2, 0.25) is 5.91 Å². The molecular weight excluding hydrogens is 302 g/mol. The smallest absolute Gasteiger partial charge is 0.228 e. The number of amides is 1. The van der Waals surface area contributed by atoms with Gasteiger partial charge >= 0.3 is 0 Å². The van der Waals surface area contributed by atoms with E-state index in [0.29, 0.717) is 18.2 Å². The van der Waals surface area contributed by atoms with Crippen LogP contribution in [0.5, 0.6) is 0 Å². The first-order chi connectivity index (χ1) is 10.6. The SMILES string of the molecule is CC1COC(c2ccccc2Cl)CN1C(=O)C1CCCC1O. The largest absolute Gasteiger partial charge is 0.392 e. The number of hydrogen-bond donors (Lipinski definition) is 1. The monoisotopic (exact) mass is 323 g/mol. The summed E-state index contributed by atoms with van der Waals surface area (Å²) in [5, 5.41) is 10.7. The molecule has 1 saturated heterocycles. The van der Waals surface area contributed by atoms with E-state index in [4.69, 9.17) is 16.3 Å². The fourth-order valence-corrected chi connectivity index (χ4v) is 3.69. The number of aliphatic hydroxyl groups is 1. The fourth-order valence-electron chi connectivity index (χ4n) is 3.43. The lowest BCUT2D eigenvalue weighted by Crippen LogP contribution is -2.51. The zero-order valence-electron chi connectivity index (χ0n) is 12.7. The van der Waals surface area contributed by atoms with E-state index in [0.717, 1.165) is 24.8 Å². The minimum Gasteiger partial charge on any atom is -0.392 e.